The number of rotatable bonds is 6. The molecular formula is C23H27FN2O4. The Morgan fingerprint density at radius 3 is 2.70 bits per heavy atom. The van der Waals surface area contributed by atoms with Gasteiger partial charge in [0.2, 0.25) is 0 Å². The molecule has 1 saturated heterocycles. The normalized spacial score (nSPS) is 14.8. The highest BCUT2D eigenvalue weighted by atomic mass is 19.1. The predicted molar refractivity (Wildman–Crippen MR) is 113 cm³/mol. The molecule has 3 aromatic rings. The summed E-state index contributed by atoms with van der Waals surface area (Å²) in [5, 5.41) is 22.2. The Morgan fingerprint density at radius 2 is 1.97 bits per heavy atom. The largest absolute Gasteiger partial charge is 0.516 e. The third kappa shape index (κ3) is 5.51. The number of likely N-dealkylation sites (tertiary alicyclic amines) is 1. The van der Waals surface area contributed by atoms with E-state index in [1.54, 1.807) is 24.3 Å². The fourth-order valence-corrected chi connectivity index (χ4v) is 3.70. The van der Waals surface area contributed by atoms with Gasteiger partial charge in [-0.3, -0.25) is 0 Å². The van der Waals surface area contributed by atoms with Crippen molar-refractivity contribution in [2.24, 2.45) is 0 Å². The highest BCUT2D eigenvalue weighted by Gasteiger charge is 2.24. The summed E-state index contributed by atoms with van der Waals surface area (Å²) in [6.07, 6.45) is 3.68. The third-order valence-corrected chi connectivity index (χ3v) is 5.18. The van der Waals surface area contributed by atoms with Crippen LogP contribution in [0.2, 0.25) is 0 Å². The molecule has 1 aromatic heterocycles. The Bertz CT molecular complexity index is 951. The van der Waals surface area contributed by atoms with Crippen molar-refractivity contribution in [3.05, 3.63) is 66.8 Å². The van der Waals surface area contributed by atoms with Crippen molar-refractivity contribution in [3.63, 3.8) is 0 Å². The van der Waals surface area contributed by atoms with Crippen molar-refractivity contribution in [3.8, 4) is 11.5 Å². The van der Waals surface area contributed by atoms with E-state index in [4.69, 9.17) is 14.4 Å². The number of nitrogens with zero attached hydrogens (tertiary/aromatic N) is 2. The van der Waals surface area contributed by atoms with Gasteiger partial charge in [-0.2, -0.15) is 0 Å². The Kier molecular flexibility index (Phi) is 7.68. The summed E-state index contributed by atoms with van der Waals surface area (Å²) in [7, 11) is 0. The van der Waals surface area contributed by atoms with E-state index < -0.39 is 0 Å². The molecule has 4 rings (SSSR count). The molecule has 0 amide bonds. The molecule has 0 spiro atoms. The quantitative estimate of drug-likeness (QED) is 0.436. The number of halogens is 1. The molecule has 1 fully saturated rings. The molecule has 1 aliphatic rings. The molecule has 0 saturated carbocycles. The molecule has 160 valence electrons. The lowest BCUT2D eigenvalue weighted by Gasteiger charge is -2.31. The Morgan fingerprint density at radius 1 is 1.23 bits per heavy atom. The minimum Gasteiger partial charge on any atom is -0.516 e. The molecule has 0 atom stereocenters. The fraction of sp³-hybridized carbons (Fsp3) is 0.348. The van der Waals surface area contributed by atoms with E-state index in [1.807, 2.05) is 6.07 Å². The molecule has 0 aliphatic carbocycles. The average Bonchev–Trinajstić information content (AvgIpc) is 3.16. The monoisotopic (exact) mass is 414 g/mol. The van der Waals surface area contributed by atoms with Crippen LogP contribution >= 0.6 is 0 Å². The molecule has 2 aromatic carbocycles. The van der Waals surface area contributed by atoms with Crippen LogP contribution < -0.4 is 4.74 Å². The third-order valence-electron chi connectivity index (χ3n) is 5.18. The van der Waals surface area contributed by atoms with Gasteiger partial charge >= 0.3 is 0 Å². The highest BCUT2D eigenvalue weighted by molar-refractivity contribution is 5.79. The zero-order valence-electron chi connectivity index (χ0n) is 16.8. The number of aliphatic hydroxyl groups is 1. The van der Waals surface area contributed by atoms with Gasteiger partial charge in [-0.05, 0) is 56.6 Å². The standard InChI is InChI=1S/C21H23FN2O3.C2H4O/c22-16-6-7-17-20(14-16)27-23-21(17)15-8-11-24(12-9-15)10-3-13-26-19-5-2-1-4-18(19)25;1-2-3/h1-2,4-7,14-15,25H,3,8-13H2;2-3H,1H2. The van der Waals surface area contributed by atoms with Gasteiger partial charge in [0.05, 0.1) is 18.6 Å². The summed E-state index contributed by atoms with van der Waals surface area (Å²) in [6, 6.07) is 11.6. The topological polar surface area (TPSA) is 79.0 Å². The average molecular weight is 414 g/mol. The van der Waals surface area contributed by atoms with Crippen LogP contribution in [0, 0.1) is 5.82 Å². The maximum absolute atomic E-state index is 13.3. The number of aromatic nitrogens is 1. The fourth-order valence-electron chi connectivity index (χ4n) is 3.70. The first kappa shape index (κ1) is 21.6. The van der Waals surface area contributed by atoms with Crippen LogP contribution in [0.15, 0.2) is 59.8 Å². The number of phenols is 1. The van der Waals surface area contributed by atoms with Crippen LogP contribution in [-0.4, -0.2) is 46.5 Å². The minimum atomic E-state index is -0.300. The number of para-hydroxylation sites is 2. The summed E-state index contributed by atoms with van der Waals surface area (Å²) in [4.78, 5) is 2.42. The van der Waals surface area contributed by atoms with Crippen LogP contribution in [0.1, 0.15) is 30.9 Å². The number of hydrogen-bond acceptors (Lipinski definition) is 6. The maximum Gasteiger partial charge on any atom is 0.170 e. The summed E-state index contributed by atoms with van der Waals surface area (Å²) in [5.41, 5.74) is 1.47. The first-order valence-electron chi connectivity index (χ1n) is 10.1. The lowest BCUT2D eigenvalue weighted by molar-refractivity contribution is 0.189. The highest BCUT2D eigenvalue weighted by Crippen LogP contribution is 2.32. The van der Waals surface area contributed by atoms with Crippen molar-refractivity contribution in [1.82, 2.24) is 10.1 Å². The Hall–Kier alpha value is -3.06. The lowest BCUT2D eigenvalue weighted by atomic mass is 9.91. The maximum atomic E-state index is 13.3. The van der Waals surface area contributed by atoms with Crippen LogP contribution in [0.3, 0.4) is 0 Å². The number of ether oxygens (including phenoxy) is 1. The van der Waals surface area contributed by atoms with Crippen LogP contribution in [-0.2, 0) is 0 Å². The molecule has 0 unspecified atom stereocenters. The van der Waals surface area contributed by atoms with E-state index in [2.05, 4.69) is 16.6 Å². The van der Waals surface area contributed by atoms with E-state index in [0.717, 1.165) is 56.2 Å². The summed E-state index contributed by atoms with van der Waals surface area (Å²) in [5.74, 6) is 0.764. The molecule has 1 aliphatic heterocycles. The second-order valence-corrected chi connectivity index (χ2v) is 7.18. The molecular weight excluding hydrogens is 387 g/mol. The van der Waals surface area contributed by atoms with Gasteiger partial charge < -0.3 is 24.4 Å². The molecule has 7 heteroatoms. The zero-order chi connectivity index (χ0) is 21.3. The van der Waals surface area contributed by atoms with E-state index in [1.165, 1.54) is 12.1 Å². The van der Waals surface area contributed by atoms with Gasteiger partial charge in [-0.25, -0.2) is 4.39 Å². The first-order chi connectivity index (χ1) is 14.6. The molecule has 6 nitrogen and oxygen atoms in total. The van der Waals surface area contributed by atoms with Crippen LogP contribution in [0.5, 0.6) is 11.5 Å². The van der Waals surface area contributed by atoms with Crippen molar-refractivity contribution in [2.45, 2.75) is 25.2 Å². The van der Waals surface area contributed by atoms with E-state index in [-0.39, 0.29) is 11.6 Å². The van der Waals surface area contributed by atoms with Crippen molar-refractivity contribution >= 4 is 11.0 Å². The first-order valence-corrected chi connectivity index (χ1v) is 10.1. The molecule has 0 bridgehead atoms. The molecule has 0 radical (unpaired) electrons. The predicted octanol–water partition coefficient (Wildman–Crippen LogP) is 5.01. The number of fused-ring (bicyclic) bond motifs is 1. The molecule has 2 N–H and O–H groups in total. The smallest absolute Gasteiger partial charge is 0.170 e. The van der Waals surface area contributed by atoms with E-state index in [9.17, 15) is 9.50 Å². The molecule has 30 heavy (non-hydrogen) atoms. The van der Waals surface area contributed by atoms with Gasteiger partial charge in [0.25, 0.3) is 0 Å². The van der Waals surface area contributed by atoms with Gasteiger partial charge in [-0.15, -0.1) is 0 Å². The number of benzene rings is 2. The lowest BCUT2D eigenvalue weighted by Crippen LogP contribution is -2.34. The summed E-state index contributed by atoms with van der Waals surface area (Å²) in [6.45, 7) is 6.45. The van der Waals surface area contributed by atoms with Gasteiger partial charge in [0, 0.05) is 23.9 Å². The number of piperidine rings is 1. The zero-order valence-corrected chi connectivity index (χ0v) is 16.8. The SMILES string of the molecule is C=CO.Oc1ccccc1OCCCN1CCC(c2noc3cc(F)ccc23)CC1. The Balaban J connectivity index is 0.000000806. The van der Waals surface area contributed by atoms with Gasteiger partial charge in [-0.1, -0.05) is 23.9 Å². The van der Waals surface area contributed by atoms with Crippen molar-refractivity contribution < 1.29 is 23.9 Å². The minimum absolute atomic E-state index is 0.179. The second kappa shape index (κ2) is 10.6. The second-order valence-electron chi connectivity index (χ2n) is 7.18. The summed E-state index contributed by atoms with van der Waals surface area (Å²) < 4.78 is 24.2. The van der Waals surface area contributed by atoms with Crippen molar-refractivity contribution in [2.75, 3.05) is 26.2 Å². The van der Waals surface area contributed by atoms with Crippen LogP contribution in [0.4, 0.5) is 4.39 Å². The summed E-state index contributed by atoms with van der Waals surface area (Å²) >= 11 is 0. The number of phenolic OH excluding ortho intramolecular Hbond substituents is 1. The van der Waals surface area contributed by atoms with Gasteiger partial charge in [0.1, 0.15) is 5.82 Å². The number of aliphatic hydroxyl groups excluding tert-OH is 1. The Labute approximate surface area is 175 Å². The van der Waals surface area contributed by atoms with Gasteiger partial charge in [0.15, 0.2) is 17.1 Å². The van der Waals surface area contributed by atoms with Crippen molar-refractivity contribution in [1.29, 1.82) is 0 Å². The van der Waals surface area contributed by atoms with E-state index in [0.29, 0.717) is 23.9 Å². The number of hydrogen-bond donors (Lipinski definition) is 2. The molecule has 2 heterocycles. The number of aromatic hydroxyl groups is 1. The van der Waals surface area contributed by atoms with Crippen LogP contribution in [0.25, 0.3) is 11.0 Å². The van der Waals surface area contributed by atoms with E-state index >= 15 is 0 Å².